The summed E-state index contributed by atoms with van der Waals surface area (Å²) in [5.41, 5.74) is 3.30. The molecule has 0 bridgehead atoms. The normalized spacial score (nSPS) is 10.3. The van der Waals surface area contributed by atoms with Crippen LogP contribution in [0.15, 0.2) is 67.0 Å². The third-order valence-corrected chi connectivity index (χ3v) is 4.10. The molecule has 0 aliphatic carbocycles. The highest BCUT2D eigenvalue weighted by molar-refractivity contribution is 6.05. The molecule has 0 saturated heterocycles. The minimum atomic E-state index is -0.306. The Morgan fingerprint density at radius 3 is 2.38 bits per heavy atom. The number of pyridine rings is 1. The van der Waals surface area contributed by atoms with Gasteiger partial charge in [0.15, 0.2) is 0 Å². The standard InChI is InChI=1S/C22H21FN4O2/c1-15(28)26-19-3-2-4-20(12-19)27-22(29)17-11-21(14-24-13-17)25-10-9-16-5-7-18(23)8-6-16/h2-8,11-14,25H,9-10H2,1H3,(H,26,28)(H,27,29). The number of carbonyl (C=O) groups excluding carboxylic acids is 2. The van der Waals surface area contributed by atoms with Crippen LogP contribution in [0.4, 0.5) is 21.5 Å². The topological polar surface area (TPSA) is 83.1 Å². The first kappa shape index (κ1) is 20.0. The number of carbonyl (C=O) groups is 2. The lowest BCUT2D eigenvalue weighted by Gasteiger charge is -2.10. The first-order chi connectivity index (χ1) is 14.0. The van der Waals surface area contributed by atoms with E-state index in [1.54, 1.807) is 48.7 Å². The quantitative estimate of drug-likeness (QED) is 0.566. The van der Waals surface area contributed by atoms with Crippen molar-refractivity contribution in [3.63, 3.8) is 0 Å². The first-order valence-corrected chi connectivity index (χ1v) is 9.12. The van der Waals surface area contributed by atoms with Gasteiger partial charge in [0.2, 0.25) is 5.91 Å². The van der Waals surface area contributed by atoms with E-state index in [1.807, 2.05) is 0 Å². The van der Waals surface area contributed by atoms with Crippen molar-refractivity contribution in [2.45, 2.75) is 13.3 Å². The molecular formula is C22H21FN4O2. The van der Waals surface area contributed by atoms with E-state index in [0.717, 1.165) is 5.56 Å². The second-order valence-corrected chi connectivity index (χ2v) is 6.48. The Hall–Kier alpha value is -3.74. The van der Waals surface area contributed by atoms with Crippen LogP contribution in [0.25, 0.3) is 0 Å². The fourth-order valence-corrected chi connectivity index (χ4v) is 2.74. The zero-order valence-corrected chi connectivity index (χ0v) is 15.9. The van der Waals surface area contributed by atoms with Crippen LogP contribution in [0.5, 0.6) is 0 Å². The van der Waals surface area contributed by atoms with Crippen LogP contribution in [-0.4, -0.2) is 23.3 Å². The van der Waals surface area contributed by atoms with Gasteiger partial charge in [-0.25, -0.2) is 4.39 Å². The number of hydrogen-bond donors (Lipinski definition) is 3. The average Bonchev–Trinajstić information content (AvgIpc) is 2.69. The molecule has 0 fully saturated rings. The Bertz CT molecular complexity index is 1010. The lowest BCUT2D eigenvalue weighted by molar-refractivity contribution is -0.114. The number of benzene rings is 2. The summed E-state index contributed by atoms with van der Waals surface area (Å²) >= 11 is 0. The minimum Gasteiger partial charge on any atom is -0.383 e. The molecule has 148 valence electrons. The molecule has 0 aliphatic rings. The van der Waals surface area contributed by atoms with Gasteiger partial charge in [0.1, 0.15) is 5.82 Å². The molecule has 1 aromatic heterocycles. The summed E-state index contributed by atoms with van der Waals surface area (Å²) in [5, 5.41) is 8.68. The van der Waals surface area contributed by atoms with Crippen molar-refractivity contribution in [1.82, 2.24) is 4.98 Å². The van der Waals surface area contributed by atoms with Crippen molar-refractivity contribution in [1.29, 1.82) is 0 Å². The molecule has 29 heavy (non-hydrogen) atoms. The Morgan fingerprint density at radius 2 is 1.66 bits per heavy atom. The summed E-state index contributed by atoms with van der Waals surface area (Å²) < 4.78 is 12.9. The second-order valence-electron chi connectivity index (χ2n) is 6.48. The number of nitrogens with zero attached hydrogens (tertiary/aromatic N) is 1. The lowest BCUT2D eigenvalue weighted by Crippen LogP contribution is -2.14. The highest BCUT2D eigenvalue weighted by Crippen LogP contribution is 2.17. The largest absolute Gasteiger partial charge is 0.383 e. The van der Waals surface area contributed by atoms with Crippen LogP contribution in [0.3, 0.4) is 0 Å². The number of amides is 2. The predicted octanol–water partition coefficient (Wildman–Crippen LogP) is 4.09. The molecule has 0 radical (unpaired) electrons. The SMILES string of the molecule is CC(=O)Nc1cccc(NC(=O)c2cncc(NCCc3ccc(F)cc3)c2)c1. The molecular weight excluding hydrogens is 371 g/mol. The van der Waals surface area contributed by atoms with Gasteiger partial charge in [0, 0.05) is 37.2 Å². The highest BCUT2D eigenvalue weighted by Gasteiger charge is 2.08. The van der Waals surface area contributed by atoms with Crippen LogP contribution in [0, 0.1) is 5.82 Å². The van der Waals surface area contributed by atoms with Crippen LogP contribution in [0.1, 0.15) is 22.8 Å². The van der Waals surface area contributed by atoms with E-state index in [-0.39, 0.29) is 17.6 Å². The third kappa shape index (κ3) is 6.14. The van der Waals surface area contributed by atoms with E-state index in [2.05, 4.69) is 20.9 Å². The van der Waals surface area contributed by atoms with Crippen molar-refractivity contribution in [2.24, 2.45) is 0 Å². The molecule has 0 aliphatic heterocycles. The van der Waals surface area contributed by atoms with E-state index in [1.165, 1.54) is 25.3 Å². The Morgan fingerprint density at radius 1 is 0.931 bits per heavy atom. The monoisotopic (exact) mass is 392 g/mol. The summed E-state index contributed by atoms with van der Waals surface area (Å²) in [6, 6.07) is 15.0. The molecule has 1 heterocycles. The molecule has 6 nitrogen and oxygen atoms in total. The molecule has 3 N–H and O–H groups in total. The molecule has 0 saturated carbocycles. The zero-order chi connectivity index (χ0) is 20.6. The van der Waals surface area contributed by atoms with Gasteiger partial charge in [-0.1, -0.05) is 18.2 Å². The van der Waals surface area contributed by atoms with E-state index < -0.39 is 0 Å². The fourth-order valence-electron chi connectivity index (χ4n) is 2.74. The Labute approximate surface area is 168 Å². The van der Waals surface area contributed by atoms with Gasteiger partial charge in [-0.3, -0.25) is 14.6 Å². The van der Waals surface area contributed by atoms with Crippen molar-refractivity contribution in [3.8, 4) is 0 Å². The van der Waals surface area contributed by atoms with Crippen molar-refractivity contribution < 1.29 is 14.0 Å². The number of halogens is 1. The third-order valence-electron chi connectivity index (χ3n) is 4.10. The minimum absolute atomic E-state index is 0.183. The Balaban J connectivity index is 1.59. The van der Waals surface area contributed by atoms with Gasteiger partial charge in [-0.15, -0.1) is 0 Å². The molecule has 0 atom stereocenters. The number of anilines is 3. The van der Waals surface area contributed by atoms with Crippen molar-refractivity contribution in [3.05, 3.63) is 83.9 Å². The molecule has 3 aromatic rings. The fraction of sp³-hybridized carbons (Fsp3) is 0.136. The van der Waals surface area contributed by atoms with Gasteiger partial charge in [0.05, 0.1) is 11.3 Å². The van der Waals surface area contributed by atoms with E-state index in [0.29, 0.717) is 35.6 Å². The summed E-state index contributed by atoms with van der Waals surface area (Å²) in [6.07, 6.45) is 3.84. The molecule has 3 rings (SSSR count). The van der Waals surface area contributed by atoms with E-state index >= 15 is 0 Å². The summed E-state index contributed by atoms with van der Waals surface area (Å²) in [5.74, 6) is -0.746. The first-order valence-electron chi connectivity index (χ1n) is 9.12. The summed E-state index contributed by atoms with van der Waals surface area (Å²) in [7, 11) is 0. The highest BCUT2D eigenvalue weighted by atomic mass is 19.1. The van der Waals surface area contributed by atoms with E-state index in [9.17, 15) is 14.0 Å². The maximum atomic E-state index is 12.9. The zero-order valence-electron chi connectivity index (χ0n) is 15.9. The summed E-state index contributed by atoms with van der Waals surface area (Å²) in [4.78, 5) is 27.8. The number of rotatable bonds is 7. The van der Waals surface area contributed by atoms with Crippen molar-refractivity contribution in [2.75, 3.05) is 22.5 Å². The smallest absolute Gasteiger partial charge is 0.257 e. The van der Waals surface area contributed by atoms with Crippen molar-refractivity contribution >= 4 is 28.9 Å². The second kappa shape index (κ2) is 9.45. The van der Waals surface area contributed by atoms with Gasteiger partial charge in [-0.2, -0.15) is 0 Å². The molecule has 7 heteroatoms. The van der Waals surface area contributed by atoms with Gasteiger partial charge in [0.25, 0.3) is 5.91 Å². The number of nitrogens with one attached hydrogen (secondary N) is 3. The van der Waals surface area contributed by atoms with Crippen LogP contribution in [0.2, 0.25) is 0 Å². The number of aromatic nitrogens is 1. The average molecular weight is 392 g/mol. The number of hydrogen-bond acceptors (Lipinski definition) is 4. The van der Waals surface area contributed by atoms with Gasteiger partial charge in [-0.05, 0) is 48.4 Å². The predicted molar refractivity (Wildman–Crippen MR) is 112 cm³/mol. The molecule has 0 spiro atoms. The van der Waals surface area contributed by atoms with Gasteiger partial charge >= 0.3 is 0 Å². The Kier molecular flexibility index (Phi) is 6.52. The van der Waals surface area contributed by atoms with E-state index in [4.69, 9.17) is 0 Å². The molecule has 2 aromatic carbocycles. The molecule has 2 amide bonds. The van der Waals surface area contributed by atoms with Crippen LogP contribution >= 0.6 is 0 Å². The van der Waals surface area contributed by atoms with Crippen LogP contribution < -0.4 is 16.0 Å². The lowest BCUT2D eigenvalue weighted by atomic mass is 10.1. The van der Waals surface area contributed by atoms with Crippen LogP contribution in [-0.2, 0) is 11.2 Å². The molecule has 0 unspecified atom stereocenters. The summed E-state index contributed by atoms with van der Waals surface area (Å²) in [6.45, 7) is 2.04. The maximum absolute atomic E-state index is 12.9. The van der Waals surface area contributed by atoms with Gasteiger partial charge < -0.3 is 16.0 Å². The maximum Gasteiger partial charge on any atom is 0.257 e.